The van der Waals surface area contributed by atoms with Crippen molar-refractivity contribution >= 4 is 17.0 Å². The summed E-state index contributed by atoms with van der Waals surface area (Å²) in [4.78, 5) is 13.5. The Morgan fingerprint density at radius 1 is 1.21 bits per heavy atom. The first kappa shape index (κ1) is 19.5. The van der Waals surface area contributed by atoms with E-state index in [1.165, 1.54) is 19.2 Å². The second-order valence-electron chi connectivity index (χ2n) is 7.54. The summed E-state index contributed by atoms with van der Waals surface area (Å²) < 4.78 is 7.45. The minimum absolute atomic E-state index is 0.365. The van der Waals surface area contributed by atoms with Crippen molar-refractivity contribution in [2.24, 2.45) is 5.73 Å². The van der Waals surface area contributed by atoms with Crippen LogP contribution in [0.5, 0.6) is 0 Å². The van der Waals surface area contributed by atoms with Crippen LogP contribution < -0.4 is 11.1 Å². The molecule has 2 aromatic rings. The summed E-state index contributed by atoms with van der Waals surface area (Å²) >= 11 is 0. The number of imidazole rings is 1. The van der Waals surface area contributed by atoms with Gasteiger partial charge in [0.1, 0.15) is 30.5 Å². The van der Waals surface area contributed by atoms with E-state index in [9.17, 15) is 15.3 Å². The van der Waals surface area contributed by atoms with Crippen molar-refractivity contribution in [1.82, 2.24) is 19.5 Å². The number of aryl methyl sites for hydroxylation is 1. The zero-order valence-electron chi connectivity index (χ0n) is 15.7. The molecule has 0 spiro atoms. The van der Waals surface area contributed by atoms with Crippen molar-refractivity contribution in [3.8, 4) is 0 Å². The average molecular weight is 392 g/mol. The number of aliphatic hydroxyl groups excluding tert-OH is 3. The van der Waals surface area contributed by atoms with E-state index in [-0.39, 0.29) is 6.61 Å². The molecule has 1 saturated carbocycles. The zero-order chi connectivity index (χ0) is 19.7. The Bertz CT molecular complexity index is 809. The molecule has 1 saturated heterocycles. The van der Waals surface area contributed by atoms with Gasteiger partial charge in [-0.1, -0.05) is 12.8 Å². The Morgan fingerprint density at radius 3 is 2.68 bits per heavy atom. The third kappa shape index (κ3) is 3.46. The first-order valence-corrected chi connectivity index (χ1v) is 9.95. The van der Waals surface area contributed by atoms with Crippen LogP contribution in [-0.2, 0) is 11.2 Å². The summed E-state index contributed by atoms with van der Waals surface area (Å²) in [6, 6.07) is 0.365. The van der Waals surface area contributed by atoms with E-state index in [1.807, 2.05) is 0 Å². The molecule has 2 fully saturated rings. The smallest absolute Gasteiger partial charge is 0.167 e. The highest BCUT2D eigenvalue weighted by atomic mass is 16.6. The van der Waals surface area contributed by atoms with Crippen molar-refractivity contribution in [3.63, 3.8) is 0 Å². The average Bonchev–Trinajstić information content (AvgIpc) is 3.40. The van der Waals surface area contributed by atoms with Crippen LogP contribution in [0.2, 0.25) is 0 Å². The van der Waals surface area contributed by atoms with Crippen LogP contribution in [0, 0.1) is 0 Å². The monoisotopic (exact) mass is 392 g/mol. The standard InChI is InChI=1S/C18H28N6O4/c19-7-3-6-12-23-13-16(22-10-4-1-2-5-10)20-9-21-17(13)24(12)18-15(27)14(26)11(8-25)28-18/h9-11,14-15,18,25-27H,1-8,19H2,(H,20,21,22)/t11-,14-,15-,18-/m1/s1. The third-order valence-corrected chi connectivity index (χ3v) is 5.62. The predicted molar refractivity (Wildman–Crippen MR) is 102 cm³/mol. The maximum atomic E-state index is 10.5. The van der Waals surface area contributed by atoms with Crippen LogP contribution in [0.3, 0.4) is 0 Å². The molecule has 2 aliphatic rings. The lowest BCUT2D eigenvalue weighted by atomic mass is 10.1. The molecule has 0 unspecified atom stereocenters. The van der Waals surface area contributed by atoms with Gasteiger partial charge < -0.3 is 31.1 Å². The topological polar surface area (TPSA) is 152 Å². The van der Waals surface area contributed by atoms with Gasteiger partial charge in [0.2, 0.25) is 0 Å². The van der Waals surface area contributed by atoms with E-state index < -0.39 is 24.5 Å². The molecule has 10 heteroatoms. The van der Waals surface area contributed by atoms with Crippen LogP contribution in [0.25, 0.3) is 11.2 Å². The maximum absolute atomic E-state index is 10.5. The van der Waals surface area contributed by atoms with E-state index in [0.717, 1.165) is 12.8 Å². The Morgan fingerprint density at radius 2 is 2.00 bits per heavy atom. The second kappa shape index (κ2) is 8.26. The van der Waals surface area contributed by atoms with Crippen molar-refractivity contribution in [3.05, 3.63) is 12.2 Å². The highest BCUT2D eigenvalue weighted by Gasteiger charge is 2.44. The summed E-state index contributed by atoms with van der Waals surface area (Å²) in [5, 5.41) is 33.6. The number of rotatable bonds is 7. The molecule has 0 amide bonds. The van der Waals surface area contributed by atoms with Gasteiger partial charge in [-0.2, -0.15) is 0 Å². The molecule has 0 radical (unpaired) electrons. The lowest BCUT2D eigenvalue weighted by Gasteiger charge is -2.19. The molecule has 6 N–H and O–H groups in total. The van der Waals surface area contributed by atoms with E-state index in [0.29, 0.717) is 48.2 Å². The number of aromatic nitrogens is 4. The molecular weight excluding hydrogens is 364 g/mol. The van der Waals surface area contributed by atoms with E-state index in [2.05, 4.69) is 15.3 Å². The van der Waals surface area contributed by atoms with E-state index in [4.69, 9.17) is 15.5 Å². The summed E-state index contributed by atoms with van der Waals surface area (Å²) in [6.45, 7) is 0.112. The van der Waals surface area contributed by atoms with Crippen LogP contribution in [0.15, 0.2) is 6.33 Å². The predicted octanol–water partition coefficient (Wildman–Crippen LogP) is -0.316. The molecule has 0 aromatic carbocycles. The molecule has 28 heavy (non-hydrogen) atoms. The second-order valence-corrected chi connectivity index (χ2v) is 7.54. The molecule has 10 nitrogen and oxygen atoms in total. The van der Waals surface area contributed by atoms with Gasteiger partial charge in [-0.15, -0.1) is 0 Å². The first-order valence-electron chi connectivity index (χ1n) is 9.95. The number of anilines is 1. The number of nitrogens with zero attached hydrogens (tertiary/aromatic N) is 4. The molecule has 1 aliphatic carbocycles. The molecule has 3 heterocycles. The summed E-state index contributed by atoms with van der Waals surface area (Å²) in [5.41, 5.74) is 6.81. The lowest BCUT2D eigenvalue weighted by molar-refractivity contribution is -0.0522. The fourth-order valence-electron chi connectivity index (χ4n) is 4.12. The third-order valence-electron chi connectivity index (χ3n) is 5.62. The number of nitrogens with two attached hydrogens (primary N) is 1. The SMILES string of the molecule is NCCCc1nc2c(NC3CCCC3)ncnc2n1[C@@H]1O[C@H](CO)[C@@H](O)[C@H]1O. The number of hydrogen-bond acceptors (Lipinski definition) is 9. The van der Waals surface area contributed by atoms with Crippen LogP contribution >= 0.6 is 0 Å². The quantitative estimate of drug-likeness (QED) is 0.427. The minimum Gasteiger partial charge on any atom is -0.394 e. The number of nitrogens with one attached hydrogen (secondary N) is 1. The lowest BCUT2D eigenvalue weighted by Crippen LogP contribution is -2.33. The Labute approximate surface area is 162 Å². The Kier molecular flexibility index (Phi) is 5.74. The van der Waals surface area contributed by atoms with Gasteiger partial charge in [-0.05, 0) is 25.8 Å². The van der Waals surface area contributed by atoms with Gasteiger partial charge in [0.15, 0.2) is 23.2 Å². The number of aliphatic hydroxyl groups is 3. The number of fused-ring (bicyclic) bond motifs is 1. The Balaban J connectivity index is 1.75. The first-order chi connectivity index (χ1) is 13.6. The highest BCUT2D eigenvalue weighted by molar-refractivity contribution is 5.83. The van der Waals surface area contributed by atoms with Crippen molar-refractivity contribution in [1.29, 1.82) is 0 Å². The molecule has 0 bridgehead atoms. The maximum Gasteiger partial charge on any atom is 0.167 e. The fourth-order valence-corrected chi connectivity index (χ4v) is 4.12. The van der Waals surface area contributed by atoms with Crippen LogP contribution in [-0.4, -0.2) is 72.3 Å². The van der Waals surface area contributed by atoms with Gasteiger partial charge in [0.05, 0.1) is 6.61 Å². The van der Waals surface area contributed by atoms with Gasteiger partial charge in [0, 0.05) is 12.5 Å². The van der Waals surface area contributed by atoms with Crippen LogP contribution in [0.4, 0.5) is 5.82 Å². The molecule has 154 valence electrons. The van der Waals surface area contributed by atoms with E-state index in [1.54, 1.807) is 4.57 Å². The van der Waals surface area contributed by atoms with Crippen molar-refractivity contribution in [2.75, 3.05) is 18.5 Å². The zero-order valence-corrected chi connectivity index (χ0v) is 15.7. The largest absolute Gasteiger partial charge is 0.394 e. The summed E-state index contributed by atoms with van der Waals surface area (Å²) in [7, 11) is 0. The van der Waals surface area contributed by atoms with Gasteiger partial charge in [-0.25, -0.2) is 15.0 Å². The molecule has 1 aliphatic heterocycles. The van der Waals surface area contributed by atoms with E-state index >= 15 is 0 Å². The number of ether oxygens (including phenoxy) is 1. The molecular formula is C18H28N6O4. The molecule has 4 atom stereocenters. The fraction of sp³-hybridized carbons (Fsp3) is 0.722. The summed E-state index contributed by atoms with van der Waals surface area (Å²) in [5.74, 6) is 1.32. The summed E-state index contributed by atoms with van der Waals surface area (Å²) in [6.07, 6.45) is 3.19. The highest BCUT2D eigenvalue weighted by Crippen LogP contribution is 2.34. The normalized spacial score (nSPS) is 28.4. The van der Waals surface area contributed by atoms with Gasteiger partial charge >= 0.3 is 0 Å². The number of hydrogen-bond donors (Lipinski definition) is 5. The van der Waals surface area contributed by atoms with Gasteiger partial charge in [-0.3, -0.25) is 4.57 Å². The molecule has 2 aromatic heterocycles. The van der Waals surface area contributed by atoms with Crippen molar-refractivity contribution in [2.45, 2.75) is 69.1 Å². The van der Waals surface area contributed by atoms with Gasteiger partial charge in [0.25, 0.3) is 0 Å². The minimum atomic E-state index is -1.20. The Hall–Kier alpha value is -1.85. The van der Waals surface area contributed by atoms with Crippen molar-refractivity contribution < 1.29 is 20.1 Å². The molecule has 4 rings (SSSR count). The van der Waals surface area contributed by atoms with Crippen LogP contribution in [0.1, 0.15) is 44.2 Å².